The molecular formula is C24H27N5O13. The van der Waals surface area contributed by atoms with Crippen LogP contribution in [0.2, 0.25) is 0 Å². The topological polar surface area (TPSA) is 231 Å². The van der Waals surface area contributed by atoms with Gasteiger partial charge in [0.2, 0.25) is 5.88 Å². The van der Waals surface area contributed by atoms with Gasteiger partial charge in [0.05, 0.1) is 22.5 Å². The highest BCUT2D eigenvalue weighted by atomic mass is 16.6. The summed E-state index contributed by atoms with van der Waals surface area (Å²) in [4.78, 5) is 74.2. The smallest absolute Gasteiger partial charge is 0.353 e. The van der Waals surface area contributed by atoms with Gasteiger partial charge in [-0.2, -0.15) is 4.98 Å². The van der Waals surface area contributed by atoms with Crippen LogP contribution < -0.4 is 15.7 Å². The first-order chi connectivity index (χ1) is 19.8. The second-order valence-corrected chi connectivity index (χ2v) is 8.79. The van der Waals surface area contributed by atoms with Crippen molar-refractivity contribution in [2.75, 3.05) is 18.5 Å². The van der Waals surface area contributed by atoms with Crippen LogP contribution in [0, 0.1) is 20.2 Å². The number of rotatable bonds is 11. The second kappa shape index (κ2) is 13.5. The van der Waals surface area contributed by atoms with Crippen molar-refractivity contribution < 1.29 is 47.9 Å². The van der Waals surface area contributed by atoms with Gasteiger partial charge in [-0.05, 0) is 13.0 Å². The second-order valence-electron chi connectivity index (χ2n) is 8.79. The molecule has 0 amide bonds. The predicted molar refractivity (Wildman–Crippen MR) is 138 cm³/mol. The minimum atomic E-state index is -1.51. The molecule has 0 saturated carbocycles. The average molecular weight is 594 g/mol. The first-order valence-electron chi connectivity index (χ1n) is 12.4. The molecule has 0 radical (unpaired) electrons. The highest BCUT2D eigenvalue weighted by Crippen LogP contribution is 2.37. The van der Waals surface area contributed by atoms with E-state index in [1.165, 1.54) is 12.3 Å². The largest absolute Gasteiger partial charge is 0.478 e. The number of carbonyl (C=O) groups excluding carboxylic acids is 3. The fraction of sp³-hybridized carbons (Fsp3) is 0.458. The van der Waals surface area contributed by atoms with Crippen molar-refractivity contribution in [3.05, 3.63) is 61.2 Å². The predicted octanol–water partition coefficient (Wildman–Crippen LogP) is 1.26. The van der Waals surface area contributed by atoms with E-state index < -0.39 is 82.0 Å². The first-order valence-corrected chi connectivity index (χ1v) is 12.4. The molecule has 18 heteroatoms. The molecule has 226 valence electrons. The maximum Gasteiger partial charge on any atom is 0.353 e. The third-order valence-corrected chi connectivity index (χ3v) is 5.80. The molecule has 0 bridgehead atoms. The Morgan fingerprint density at radius 1 is 1.02 bits per heavy atom. The number of nitrogens with one attached hydrogen (secondary N) is 1. The van der Waals surface area contributed by atoms with E-state index in [0.717, 1.165) is 37.5 Å². The van der Waals surface area contributed by atoms with Crippen LogP contribution in [0.15, 0.2) is 35.3 Å². The van der Waals surface area contributed by atoms with Crippen molar-refractivity contribution in [2.45, 2.75) is 58.3 Å². The zero-order valence-electron chi connectivity index (χ0n) is 22.8. The number of hydrogen-bond donors (Lipinski definition) is 1. The number of non-ortho nitro benzene ring substituents is 1. The number of nitro groups is 2. The van der Waals surface area contributed by atoms with Gasteiger partial charge in [-0.3, -0.25) is 39.2 Å². The van der Waals surface area contributed by atoms with E-state index in [4.69, 9.17) is 23.7 Å². The highest BCUT2D eigenvalue weighted by molar-refractivity contribution is 5.69. The molecule has 42 heavy (non-hydrogen) atoms. The zero-order valence-corrected chi connectivity index (χ0v) is 22.8. The number of nitro benzene ring substituents is 2. The van der Waals surface area contributed by atoms with Gasteiger partial charge in [0.25, 0.3) is 11.4 Å². The van der Waals surface area contributed by atoms with Crippen LogP contribution in [-0.2, 0) is 33.3 Å². The number of carbonyl (C=O) groups is 3. The average Bonchev–Trinajstić information content (AvgIpc) is 2.89. The summed E-state index contributed by atoms with van der Waals surface area (Å²) < 4.78 is 28.2. The van der Waals surface area contributed by atoms with Gasteiger partial charge in [0, 0.05) is 39.1 Å². The lowest BCUT2D eigenvalue weighted by atomic mass is 9.94. The number of hydrogen-bond acceptors (Lipinski definition) is 15. The third-order valence-electron chi connectivity index (χ3n) is 5.80. The van der Waals surface area contributed by atoms with Gasteiger partial charge in [-0.15, -0.1) is 0 Å². The number of aromatic nitrogens is 2. The van der Waals surface area contributed by atoms with E-state index in [1.807, 2.05) is 0 Å². The molecule has 1 fully saturated rings. The number of esters is 3. The Bertz CT molecular complexity index is 1430. The molecule has 0 spiro atoms. The summed E-state index contributed by atoms with van der Waals surface area (Å²) in [6, 6.07) is 2.65. The monoisotopic (exact) mass is 593 g/mol. The van der Waals surface area contributed by atoms with Crippen LogP contribution in [-0.4, -0.2) is 74.9 Å². The summed E-state index contributed by atoms with van der Waals surface area (Å²) in [5, 5.41) is 25.9. The summed E-state index contributed by atoms with van der Waals surface area (Å²) in [5.41, 5.74) is -2.50. The van der Waals surface area contributed by atoms with Crippen molar-refractivity contribution in [2.24, 2.45) is 0 Å². The minimum Gasteiger partial charge on any atom is -0.478 e. The molecule has 1 N–H and O–H groups in total. The molecule has 1 aromatic heterocycles. The van der Waals surface area contributed by atoms with Crippen LogP contribution in [0.3, 0.4) is 0 Å². The Balaban J connectivity index is 2.22. The SMILES string of the molecule is CCOc1ccn([C@@H]2O[C@@H](COC(C)=O)[C@@H](OC(C)=O)[C@@H](OC(C)=O)[C@@H]2Nc2ccc([N+](=O)[O-])cc2[N+](=O)[O-])c(=O)n1. The van der Waals surface area contributed by atoms with Crippen LogP contribution in [0.5, 0.6) is 5.88 Å². The summed E-state index contributed by atoms with van der Waals surface area (Å²) in [6.45, 7) is 4.59. The quantitative estimate of drug-likeness (QED) is 0.167. The Morgan fingerprint density at radius 3 is 2.24 bits per heavy atom. The molecule has 1 aromatic carbocycles. The van der Waals surface area contributed by atoms with E-state index in [0.29, 0.717) is 6.07 Å². The Labute approximate surface area is 236 Å². The summed E-state index contributed by atoms with van der Waals surface area (Å²) in [7, 11) is 0. The van der Waals surface area contributed by atoms with E-state index in [1.54, 1.807) is 6.92 Å². The normalized spacial score (nSPS) is 21.5. The van der Waals surface area contributed by atoms with E-state index in [9.17, 15) is 39.4 Å². The molecule has 1 saturated heterocycles. The van der Waals surface area contributed by atoms with Crippen molar-refractivity contribution in [1.29, 1.82) is 0 Å². The minimum absolute atomic E-state index is 0.0177. The van der Waals surface area contributed by atoms with Gasteiger partial charge in [-0.25, -0.2) is 4.79 Å². The van der Waals surface area contributed by atoms with E-state index in [2.05, 4.69) is 10.3 Å². The summed E-state index contributed by atoms with van der Waals surface area (Å²) in [6.07, 6.45) is -4.53. The molecule has 5 atom stereocenters. The molecule has 2 heterocycles. The Kier molecular flexibility index (Phi) is 10.1. The van der Waals surface area contributed by atoms with Gasteiger partial charge in [0.15, 0.2) is 18.4 Å². The number of benzene rings is 1. The fourth-order valence-electron chi connectivity index (χ4n) is 4.22. The number of anilines is 1. The lowest BCUT2D eigenvalue weighted by Gasteiger charge is -2.45. The lowest BCUT2D eigenvalue weighted by Crippen LogP contribution is -2.62. The van der Waals surface area contributed by atoms with Gasteiger partial charge >= 0.3 is 23.6 Å². The maximum atomic E-state index is 13.1. The molecular weight excluding hydrogens is 566 g/mol. The van der Waals surface area contributed by atoms with Crippen LogP contribution in [0.25, 0.3) is 0 Å². The molecule has 0 aliphatic carbocycles. The van der Waals surface area contributed by atoms with E-state index >= 15 is 0 Å². The first kappa shape index (κ1) is 31.4. The van der Waals surface area contributed by atoms with Crippen molar-refractivity contribution >= 4 is 35.0 Å². The van der Waals surface area contributed by atoms with Crippen LogP contribution in [0.4, 0.5) is 17.1 Å². The van der Waals surface area contributed by atoms with Crippen LogP contribution in [0.1, 0.15) is 33.9 Å². The molecule has 1 aliphatic rings. The lowest BCUT2D eigenvalue weighted by molar-refractivity contribution is -0.393. The van der Waals surface area contributed by atoms with E-state index in [-0.39, 0.29) is 18.2 Å². The van der Waals surface area contributed by atoms with Crippen molar-refractivity contribution in [3.8, 4) is 5.88 Å². The number of ether oxygens (including phenoxy) is 5. The zero-order chi connectivity index (χ0) is 31.1. The third kappa shape index (κ3) is 7.53. The molecule has 3 rings (SSSR count). The summed E-state index contributed by atoms with van der Waals surface area (Å²) in [5.74, 6) is -2.45. The fourth-order valence-corrected chi connectivity index (χ4v) is 4.22. The molecule has 0 unspecified atom stereocenters. The standard InChI is InChI=1S/C24H27N5O13/c1-5-38-19-8-9-27(24(33)26-19)23-20(25-16-7-6-15(28(34)35)10-17(16)29(36)37)22(41-14(4)32)21(40-13(3)31)18(42-23)11-39-12(2)30/h6-10,18,20-23,25H,5,11H2,1-4H3/t18-,20-,21+,22-,23+/m0/s1. The highest BCUT2D eigenvalue weighted by Gasteiger charge is 2.52. The molecule has 2 aromatic rings. The molecule has 1 aliphatic heterocycles. The van der Waals surface area contributed by atoms with Crippen molar-refractivity contribution in [1.82, 2.24) is 9.55 Å². The van der Waals surface area contributed by atoms with Gasteiger partial charge in [-0.1, -0.05) is 0 Å². The van der Waals surface area contributed by atoms with Crippen molar-refractivity contribution in [3.63, 3.8) is 0 Å². The van der Waals surface area contributed by atoms with Gasteiger partial charge < -0.3 is 29.0 Å². The summed E-state index contributed by atoms with van der Waals surface area (Å²) >= 11 is 0. The van der Waals surface area contributed by atoms with Crippen LogP contribution >= 0.6 is 0 Å². The van der Waals surface area contributed by atoms with Gasteiger partial charge in [0.1, 0.15) is 24.4 Å². The Hall–Kier alpha value is -5.13. The number of nitrogens with zero attached hydrogens (tertiary/aromatic N) is 4. The Morgan fingerprint density at radius 2 is 1.69 bits per heavy atom. The molecule has 18 nitrogen and oxygen atoms in total. The maximum absolute atomic E-state index is 13.1.